The van der Waals surface area contributed by atoms with E-state index >= 15 is 0 Å². The fourth-order valence-electron chi connectivity index (χ4n) is 5.30. The number of fused-ring (bicyclic) bond motifs is 1. The average molecular weight is 396 g/mol. The molecule has 3 N–H and O–H groups in total. The number of imide groups is 1. The molecule has 3 heterocycles. The van der Waals surface area contributed by atoms with Gasteiger partial charge < -0.3 is 15.5 Å². The Morgan fingerprint density at radius 2 is 1.97 bits per heavy atom. The minimum absolute atomic E-state index is 0.0956. The molecule has 1 aromatic carbocycles. The van der Waals surface area contributed by atoms with Crippen LogP contribution in [0.2, 0.25) is 0 Å². The Balaban J connectivity index is 1.25. The Hall–Kier alpha value is -2.25. The van der Waals surface area contributed by atoms with E-state index in [0.29, 0.717) is 25.6 Å². The van der Waals surface area contributed by atoms with Crippen LogP contribution >= 0.6 is 0 Å². The first-order valence-corrected chi connectivity index (χ1v) is 10.8. The van der Waals surface area contributed by atoms with Gasteiger partial charge in [-0.2, -0.15) is 0 Å². The Kier molecular flexibility index (Phi) is 4.87. The van der Waals surface area contributed by atoms with Gasteiger partial charge in [-0.1, -0.05) is 18.2 Å². The molecule has 0 aromatic heterocycles. The standard InChI is InChI=1S/C22H28N4O3/c27-19-7-6-18(21(28)25-19)26-12-15-3-1-2-14(20(15)22(26)29)10-23-11-17-16(8-9-24-17)13-4-5-13/h1-3,13,16-18,23-24H,4-12H2,(H,25,27,28). The molecule has 0 spiro atoms. The number of hydrogen-bond acceptors (Lipinski definition) is 5. The van der Waals surface area contributed by atoms with Crippen molar-refractivity contribution in [3.8, 4) is 0 Å². The summed E-state index contributed by atoms with van der Waals surface area (Å²) in [5.41, 5.74) is 2.68. The van der Waals surface area contributed by atoms with E-state index in [4.69, 9.17) is 0 Å². The smallest absolute Gasteiger partial charge is 0.255 e. The predicted molar refractivity (Wildman–Crippen MR) is 107 cm³/mol. The Morgan fingerprint density at radius 3 is 2.76 bits per heavy atom. The molecule has 1 aromatic rings. The second-order valence-corrected chi connectivity index (χ2v) is 8.83. The topological polar surface area (TPSA) is 90.5 Å². The molecule has 3 amide bonds. The molecule has 1 aliphatic carbocycles. The first-order chi connectivity index (χ1) is 14.1. The molecule has 0 radical (unpaired) electrons. The molecule has 7 heteroatoms. The summed E-state index contributed by atoms with van der Waals surface area (Å²) in [5.74, 6) is 0.975. The van der Waals surface area contributed by atoms with Crippen LogP contribution in [-0.4, -0.2) is 47.8 Å². The lowest BCUT2D eigenvalue weighted by Gasteiger charge is -2.29. The highest BCUT2D eigenvalue weighted by molar-refractivity contribution is 6.05. The SMILES string of the molecule is O=C1CCC(N2Cc3cccc(CNCC4NCCC4C4CC4)c3C2=O)C(=O)N1. The van der Waals surface area contributed by atoms with Crippen molar-refractivity contribution in [1.82, 2.24) is 20.9 Å². The number of nitrogens with one attached hydrogen (secondary N) is 3. The number of rotatable bonds is 6. The zero-order valence-electron chi connectivity index (χ0n) is 16.6. The van der Waals surface area contributed by atoms with Gasteiger partial charge in [-0.25, -0.2) is 0 Å². The van der Waals surface area contributed by atoms with E-state index in [1.165, 1.54) is 19.3 Å². The van der Waals surface area contributed by atoms with Crippen molar-refractivity contribution < 1.29 is 14.4 Å². The molecule has 4 aliphatic rings. The van der Waals surface area contributed by atoms with Gasteiger partial charge in [0.25, 0.3) is 5.91 Å². The van der Waals surface area contributed by atoms with Crippen molar-refractivity contribution in [1.29, 1.82) is 0 Å². The van der Waals surface area contributed by atoms with E-state index in [0.717, 1.165) is 41.6 Å². The molecule has 3 fully saturated rings. The van der Waals surface area contributed by atoms with Crippen molar-refractivity contribution in [2.45, 2.75) is 57.3 Å². The van der Waals surface area contributed by atoms with E-state index in [1.54, 1.807) is 4.90 Å². The molecular formula is C22H28N4O3. The lowest BCUT2D eigenvalue weighted by atomic mass is 9.95. The normalized spacial score (nSPS) is 29.3. The van der Waals surface area contributed by atoms with Crippen molar-refractivity contribution >= 4 is 17.7 Å². The lowest BCUT2D eigenvalue weighted by Crippen LogP contribution is -2.52. The first kappa shape index (κ1) is 18.8. The zero-order valence-corrected chi connectivity index (χ0v) is 16.6. The number of carbonyl (C=O) groups excluding carboxylic acids is 3. The summed E-state index contributed by atoms with van der Waals surface area (Å²) in [4.78, 5) is 38.4. The molecule has 5 rings (SSSR count). The first-order valence-electron chi connectivity index (χ1n) is 10.8. The van der Waals surface area contributed by atoms with Crippen LogP contribution in [0, 0.1) is 11.8 Å². The summed E-state index contributed by atoms with van der Waals surface area (Å²) in [6.45, 7) is 3.10. The molecule has 3 aliphatic heterocycles. The van der Waals surface area contributed by atoms with E-state index in [1.807, 2.05) is 18.2 Å². The average Bonchev–Trinajstić information content (AvgIpc) is 3.35. The maximum absolute atomic E-state index is 13.1. The van der Waals surface area contributed by atoms with Gasteiger partial charge in [-0.3, -0.25) is 19.7 Å². The Labute approximate surface area is 170 Å². The van der Waals surface area contributed by atoms with Crippen molar-refractivity contribution in [3.63, 3.8) is 0 Å². The summed E-state index contributed by atoms with van der Waals surface area (Å²) < 4.78 is 0. The number of nitrogens with zero attached hydrogens (tertiary/aromatic N) is 1. The van der Waals surface area contributed by atoms with Crippen LogP contribution in [0.3, 0.4) is 0 Å². The van der Waals surface area contributed by atoms with Gasteiger partial charge in [0.15, 0.2) is 0 Å². The van der Waals surface area contributed by atoms with Gasteiger partial charge in [0.2, 0.25) is 11.8 Å². The van der Waals surface area contributed by atoms with E-state index in [2.05, 4.69) is 16.0 Å². The predicted octanol–water partition coefficient (Wildman–Crippen LogP) is 0.925. The highest BCUT2D eigenvalue weighted by Crippen LogP contribution is 2.41. The van der Waals surface area contributed by atoms with Crippen molar-refractivity contribution in [3.05, 3.63) is 34.9 Å². The van der Waals surface area contributed by atoms with Crippen LogP contribution in [0.25, 0.3) is 0 Å². The van der Waals surface area contributed by atoms with E-state index in [9.17, 15) is 14.4 Å². The highest BCUT2D eigenvalue weighted by atomic mass is 16.2. The molecule has 154 valence electrons. The van der Waals surface area contributed by atoms with Crippen LogP contribution in [0.5, 0.6) is 0 Å². The third kappa shape index (κ3) is 3.57. The van der Waals surface area contributed by atoms with E-state index in [-0.39, 0.29) is 24.1 Å². The van der Waals surface area contributed by atoms with Gasteiger partial charge in [0.05, 0.1) is 0 Å². The maximum atomic E-state index is 13.1. The monoisotopic (exact) mass is 396 g/mol. The fraction of sp³-hybridized carbons (Fsp3) is 0.591. The minimum Gasteiger partial charge on any atom is -0.322 e. The third-order valence-corrected chi connectivity index (χ3v) is 6.95. The highest BCUT2D eigenvalue weighted by Gasteiger charge is 2.40. The number of hydrogen-bond donors (Lipinski definition) is 3. The number of amides is 3. The molecule has 7 nitrogen and oxygen atoms in total. The fourth-order valence-corrected chi connectivity index (χ4v) is 5.30. The maximum Gasteiger partial charge on any atom is 0.255 e. The molecule has 2 saturated heterocycles. The van der Waals surface area contributed by atoms with Gasteiger partial charge in [0.1, 0.15) is 6.04 Å². The summed E-state index contributed by atoms with van der Waals surface area (Å²) in [6, 6.07) is 5.91. The van der Waals surface area contributed by atoms with Gasteiger partial charge in [-0.15, -0.1) is 0 Å². The second kappa shape index (κ2) is 7.54. The Morgan fingerprint density at radius 1 is 1.10 bits per heavy atom. The second-order valence-electron chi connectivity index (χ2n) is 8.83. The zero-order chi connectivity index (χ0) is 20.0. The van der Waals surface area contributed by atoms with E-state index < -0.39 is 6.04 Å². The molecule has 3 atom stereocenters. The van der Waals surface area contributed by atoms with Crippen LogP contribution < -0.4 is 16.0 Å². The quantitative estimate of drug-likeness (QED) is 0.623. The molecule has 29 heavy (non-hydrogen) atoms. The number of piperidine rings is 1. The molecule has 3 unspecified atom stereocenters. The lowest BCUT2D eigenvalue weighted by molar-refractivity contribution is -0.136. The van der Waals surface area contributed by atoms with Crippen LogP contribution in [0.15, 0.2) is 18.2 Å². The molecular weight excluding hydrogens is 368 g/mol. The minimum atomic E-state index is -0.560. The van der Waals surface area contributed by atoms with Crippen molar-refractivity contribution in [2.75, 3.05) is 13.1 Å². The number of benzene rings is 1. The van der Waals surface area contributed by atoms with Gasteiger partial charge >= 0.3 is 0 Å². The summed E-state index contributed by atoms with van der Waals surface area (Å²) in [6.07, 6.45) is 4.70. The largest absolute Gasteiger partial charge is 0.322 e. The third-order valence-electron chi connectivity index (χ3n) is 6.95. The molecule has 0 bridgehead atoms. The van der Waals surface area contributed by atoms with Gasteiger partial charge in [0, 0.05) is 37.7 Å². The Bertz CT molecular complexity index is 850. The summed E-state index contributed by atoms with van der Waals surface area (Å²) >= 11 is 0. The van der Waals surface area contributed by atoms with Crippen molar-refractivity contribution in [2.24, 2.45) is 11.8 Å². The number of carbonyl (C=O) groups is 3. The van der Waals surface area contributed by atoms with Gasteiger partial charge in [-0.05, 0) is 55.2 Å². The molecule has 1 saturated carbocycles. The van der Waals surface area contributed by atoms with Crippen LogP contribution in [0.4, 0.5) is 0 Å². The summed E-state index contributed by atoms with van der Waals surface area (Å²) in [7, 11) is 0. The van der Waals surface area contributed by atoms with Crippen LogP contribution in [-0.2, 0) is 22.7 Å². The van der Waals surface area contributed by atoms with Crippen LogP contribution in [0.1, 0.15) is 53.6 Å². The summed E-state index contributed by atoms with van der Waals surface area (Å²) in [5, 5.41) is 9.54.